The monoisotopic (exact) mass is 361 g/mol. The molecule has 10 heteroatoms. The van der Waals surface area contributed by atoms with Crippen molar-refractivity contribution in [3.63, 3.8) is 0 Å². The van der Waals surface area contributed by atoms with E-state index in [1.54, 1.807) is 31.0 Å². The number of carbonyl (C=O) groups excluding carboxylic acids is 1. The molecule has 0 aliphatic heterocycles. The SMILES string of the molecule is COCCn1c(=NC(=O)c2nccn2C)sc2cc([N+](=O)[O-])ccc21. The summed E-state index contributed by atoms with van der Waals surface area (Å²) in [6.45, 7) is 0.896. The molecule has 0 bridgehead atoms. The Morgan fingerprint density at radius 3 is 2.92 bits per heavy atom. The lowest BCUT2D eigenvalue weighted by atomic mass is 10.3. The van der Waals surface area contributed by atoms with E-state index in [-0.39, 0.29) is 11.5 Å². The Morgan fingerprint density at radius 1 is 1.48 bits per heavy atom. The van der Waals surface area contributed by atoms with Crippen molar-refractivity contribution in [2.75, 3.05) is 13.7 Å². The highest BCUT2D eigenvalue weighted by atomic mass is 32.1. The normalized spacial score (nSPS) is 12.0. The van der Waals surface area contributed by atoms with Crippen LogP contribution in [0.15, 0.2) is 35.6 Å². The highest BCUT2D eigenvalue weighted by Crippen LogP contribution is 2.23. The molecular weight excluding hydrogens is 346 g/mol. The number of non-ortho nitro benzene ring substituents is 1. The van der Waals surface area contributed by atoms with E-state index in [0.29, 0.717) is 22.7 Å². The average molecular weight is 361 g/mol. The van der Waals surface area contributed by atoms with Crippen LogP contribution in [0.4, 0.5) is 5.69 Å². The fraction of sp³-hybridized carbons (Fsp3) is 0.267. The number of nitro groups is 1. The molecule has 3 aromatic rings. The first-order valence-electron chi connectivity index (χ1n) is 7.34. The number of ether oxygens (including phenoxy) is 1. The highest BCUT2D eigenvalue weighted by molar-refractivity contribution is 7.16. The highest BCUT2D eigenvalue weighted by Gasteiger charge is 2.14. The predicted octanol–water partition coefficient (Wildman–Crippen LogP) is 1.73. The Bertz CT molecular complexity index is 1020. The maximum Gasteiger partial charge on any atom is 0.315 e. The molecule has 2 heterocycles. The maximum atomic E-state index is 12.4. The molecule has 0 spiro atoms. The molecule has 0 N–H and O–H groups in total. The Labute approximate surface area is 146 Å². The lowest BCUT2D eigenvalue weighted by Crippen LogP contribution is -2.20. The zero-order valence-electron chi connectivity index (χ0n) is 13.6. The molecule has 130 valence electrons. The van der Waals surface area contributed by atoms with Gasteiger partial charge < -0.3 is 13.9 Å². The number of rotatable bonds is 5. The summed E-state index contributed by atoms with van der Waals surface area (Å²) in [4.78, 5) is 31.5. The molecule has 0 radical (unpaired) electrons. The van der Waals surface area contributed by atoms with Crippen molar-refractivity contribution in [1.29, 1.82) is 0 Å². The molecule has 0 aliphatic rings. The van der Waals surface area contributed by atoms with Crippen LogP contribution in [0.25, 0.3) is 10.2 Å². The number of aryl methyl sites for hydroxylation is 1. The summed E-state index contributed by atoms with van der Waals surface area (Å²) in [6, 6.07) is 4.57. The zero-order valence-corrected chi connectivity index (χ0v) is 14.4. The molecule has 1 amide bonds. The van der Waals surface area contributed by atoms with E-state index in [1.807, 2.05) is 4.57 Å². The number of hydrogen-bond acceptors (Lipinski definition) is 6. The van der Waals surface area contributed by atoms with Crippen molar-refractivity contribution in [3.8, 4) is 0 Å². The molecule has 0 saturated carbocycles. The third-order valence-corrected chi connectivity index (χ3v) is 4.65. The second kappa shape index (κ2) is 6.95. The van der Waals surface area contributed by atoms with E-state index in [0.717, 1.165) is 5.52 Å². The number of carbonyl (C=O) groups is 1. The van der Waals surface area contributed by atoms with Crippen molar-refractivity contribution < 1.29 is 14.5 Å². The van der Waals surface area contributed by atoms with Crippen LogP contribution >= 0.6 is 11.3 Å². The minimum Gasteiger partial charge on any atom is -0.383 e. The minimum atomic E-state index is -0.472. The number of fused-ring (bicyclic) bond motifs is 1. The van der Waals surface area contributed by atoms with Gasteiger partial charge in [0.15, 0.2) is 4.80 Å². The van der Waals surface area contributed by atoms with Gasteiger partial charge in [-0.2, -0.15) is 4.99 Å². The lowest BCUT2D eigenvalue weighted by molar-refractivity contribution is -0.384. The molecule has 2 aromatic heterocycles. The number of thiazole rings is 1. The first-order chi connectivity index (χ1) is 12.0. The van der Waals surface area contributed by atoms with Crippen LogP contribution in [0.2, 0.25) is 0 Å². The first-order valence-corrected chi connectivity index (χ1v) is 8.16. The summed E-state index contributed by atoms with van der Waals surface area (Å²) in [5, 5.41) is 11.0. The Morgan fingerprint density at radius 2 is 2.28 bits per heavy atom. The van der Waals surface area contributed by atoms with E-state index < -0.39 is 10.8 Å². The third-order valence-electron chi connectivity index (χ3n) is 3.61. The third kappa shape index (κ3) is 3.35. The number of benzene rings is 1. The van der Waals surface area contributed by atoms with Crippen molar-refractivity contribution in [2.24, 2.45) is 12.0 Å². The van der Waals surface area contributed by atoms with Gasteiger partial charge in [0.25, 0.3) is 5.69 Å². The Kier molecular flexibility index (Phi) is 4.72. The molecule has 0 saturated heterocycles. The molecule has 0 aliphatic carbocycles. The molecule has 0 unspecified atom stereocenters. The largest absolute Gasteiger partial charge is 0.383 e. The number of nitrogens with zero attached hydrogens (tertiary/aromatic N) is 5. The van der Waals surface area contributed by atoms with E-state index >= 15 is 0 Å². The van der Waals surface area contributed by atoms with Gasteiger partial charge in [-0.25, -0.2) is 4.98 Å². The second-order valence-corrected chi connectivity index (χ2v) is 6.23. The summed E-state index contributed by atoms with van der Waals surface area (Å²) in [6.07, 6.45) is 3.19. The van der Waals surface area contributed by atoms with Gasteiger partial charge in [0.2, 0.25) is 5.82 Å². The molecule has 9 nitrogen and oxygen atoms in total. The fourth-order valence-electron chi connectivity index (χ4n) is 2.37. The van der Waals surface area contributed by atoms with Crippen LogP contribution in [0, 0.1) is 10.1 Å². The summed E-state index contributed by atoms with van der Waals surface area (Å²) in [5.41, 5.74) is 0.758. The summed E-state index contributed by atoms with van der Waals surface area (Å²) < 4.78 is 9.19. The lowest BCUT2D eigenvalue weighted by Gasteiger charge is -2.04. The van der Waals surface area contributed by atoms with E-state index in [1.165, 1.54) is 29.7 Å². The van der Waals surface area contributed by atoms with Gasteiger partial charge in [-0.15, -0.1) is 0 Å². The number of aromatic nitrogens is 3. The van der Waals surface area contributed by atoms with Crippen molar-refractivity contribution in [1.82, 2.24) is 14.1 Å². The van der Waals surface area contributed by atoms with Crippen LogP contribution in [-0.2, 0) is 18.3 Å². The smallest absolute Gasteiger partial charge is 0.315 e. The van der Waals surface area contributed by atoms with Crippen LogP contribution < -0.4 is 4.80 Å². The standard InChI is InChI=1S/C15H15N5O4S/c1-18-6-5-16-13(18)14(21)17-15-19(7-8-24-2)11-4-3-10(20(22)23)9-12(11)25-15/h3-6,9H,7-8H2,1-2H3. The van der Waals surface area contributed by atoms with Gasteiger partial charge in [0.05, 0.1) is 21.7 Å². The quantitative estimate of drug-likeness (QED) is 0.508. The van der Waals surface area contributed by atoms with E-state index in [9.17, 15) is 14.9 Å². The van der Waals surface area contributed by atoms with Gasteiger partial charge in [-0.3, -0.25) is 14.9 Å². The van der Waals surface area contributed by atoms with Crippen molar-refractivity contribution in [3.05, 3.63) is 51.3 Å². The Hall–Kier alpha value is -2.85. The van der Waals surface area contributed by atoms with Gasteiger partial charge in [-0.1, -0.05) is 11.3 Å². The minimum absolute atomic E-state index is 0.00498. The molecule has 25 heavy (non-hydrogen) atoms. The summed E-state index contributed by atoms with van der Waals surface area (Å²) >= 11 is 1.22. The molecule has 3 rings (SSSR count). The predicted molar refractivity (Wildman–Crippen MR) is 91.4 cm³/mol. The molecule has 0 atom stereocenters. The van der Waals surface area contributed by atoms with Gasteiger partial charge in [-0.05, 0) is 6.07 Å². The van der Waals surface area contributed by atoms with Crippen LogP contribution in [0.5, 0.6) is 0 Å². The Balaban J connectivity index is 2.15. The molecule has 0 fully saturated rings. The van der Waals surface area contributed by atoms with Crippen molar-refractivity contribution in [2.45, 2.75) is 6.54 Å². The number of amides is 1. The van der Waals surface area contributed by atoms with E-state index in [4.69, 9.17) is 4.74 Å². The van der Waals surface area contributed by atoms with Gasteiger partial charge in [0, 0.05) is 45.2 Å². The average Bonchev–Trinajstić information content (AvgIpc) is 3.15. The van der Waals surface area contributed by atoms with Gasteiger partial charge in [0.1, 0.15) is 0 Å². The number of imidazole rings is 1. The summed E-state index contributed by atoms with van der Waals surface area (Å²) in [7, 11) is 3.29. The fourth-order valence-corrected chi connectivity index (χ4v) is 3.46. The number of hydrogen-bond donors (Lipinski definition) is 0. The first kappa shape index (κ1) is 17.0. The number of nitro benzene ring substituents is 1. The van der Waals surface area contributed by atoms with Gasteiger partial charge >= 0.3 is 5.91 Å². The topological polar surface area (TPSA) is 105 Å². The zero-order chi connectivity index (χ0) is 18.0. The molecule has 1 aromatic carbocycles. The summed E-state index contributed by atoms with van der Waals surface area (Å²) in [5.74, 6) is -0.249. The van der Waals surface area contributed by atoms with Crippen LogP contribution in [0.3, 0.4) is 0 Å². The van der Waals surface area contributed by atoms with Crippen LogP contribution in [0.1, 0.15) is 10.6 Å². The number of methoxy groups -OCH3 is 1. The van der Waals surface area contributed by atoms with Crippen molar-refractivity contribution >= 4 is 33.1 Å². The van der Waals surface area contributed by atoms with Crippen LogP contribution in [-0.4, -0.2) is 38.7 Å². The second-order valence-electron chi connectivity index (χ2n) is 5.22. The van der Waals surface area contributed by atoms with E-state index in [2.05, 4.69) is 9.98 Å². The maximum absolute atomic E-state index is 12.4. The molecular formula is C15H15N5O4S.